The maximum atomic E-state index is 14.2. The highest BCUT2D eigenvalue weighted by Gasteiger charge is 2.31. The summed E-state index contributed by atoms with van der Waals surface area (Å²) in [7, 11) is 0. The van der Waals surface area contributed by atoms with Crippen LogP contribution in [0.2, 0.25) is 0 Å². The Morgan fingerprint density at radius 3 is 2.31 bits per heavy atom. The lowest BCUT2D eigenvalue weighted by atomic mass is 10.0. The van der Waals surface area contributed by atoms with Crippen LogP contribution in [-0.4, -0.2) is 28.0 Å². The van der Waals surface area contributed by atoms with Crippen molar-refractivity contribution in [3.63, 3.8) is 0 Å². The average molecular weight is 581 g/mol. The molecule has 0 atom stereocenters. The van der Waals surface area contributed by atoms with E-state index in [1.807, 2.05) is 0 Å². The number of carbonyl (C=O) groups excluding carboxylic acids is 2. The van der Waals surface area contributed by atoms with Crippen molar-refractivity contribution in [3.05, 3.63) is 134 Å². The fourth-order valence-electron chi connectivity index (χ4n) is 4.67. The molecule has 3 N–H and O–H groups in total. The SMILES string of the molecule is NCN1Cc2ccc(F)cc2Cn2cc(C(=O)NCc3c(F)cc(F)cc3F)c(=O)c(OCc3ccccc3)c2C1=O. The van der Waals surface area contributed by atoms with Gasteiger partial charge in [0.05, 0.1) is 6.67 Å². The molecule has 4 aromatic rings. The minimum absolute atomic E-state index is 0.0360. The summed E-state index contributed by atoms with van der Waals surface area (Å²) < 4.78 is 63.0. The maximum Gasteiger partial charge on any atom is 0.275 e. The van der Waals surface area contributed by atoms with Gasteiger partial charge < -0.3 is 25.3 Å². The predicted molar refractivity (Wildman–Crippen MR) is 143 cm³/mol. The zero-order valence-electron chi connectivity index (χ0n) is 22.0. The van der Waals surface area contributed by atoms with E-state index in [-0.39, 0.29) is 32.1 Å². The van der Waals surface area contributed by atoms with E-state index in [2.05, 4.69) is 5.32 Å². The fourth-order valence-corrected chi connectivity index (χ4v) is 4.67. The summed E-state index contributed by atoms with van der Waals surface area (Å²) in [4.78, 5) is 41.8. The Morgan fingerprint density at radius 2 is 1.62 bits per heavy atom. The van der Waals surface area contributed by atoms with Gasteiger partial charge in [0.25, 0.3) is 11.8 Å². The lowest BCUT2D eigenvalue weighted by Gasteiger charge is -2.29. The second-order valence-corrected chi connectivity index (χ2v) is 9.58. The lowest BCUT2D eigenvalue weighted by Crippen LogP contribution is -2.41. The molecule has 0 aliphatic carbocycles. The minimum Gasteiger partial charge on any atom is -0.483 e. The number of fused-ring (bicyclic) bond motifs is 2. The van der Waals surface area contributed by atoms with Gasteiger partial charge in [-0.2, -0.15) is 0 Å². The van der Waals surface area contributed by atoms with Gasteiger partial charge in [0.1, 0.15) is 35.4 Å². The van der Waals surface area contributed by atoms with Crippen LogP contribution >= 0.6 is 0 Å². The summed E-state index contributed by atoms with van der Waals surface area (Å²) in [5, 5.41) is 2.27. The zero-order valence-corrected chi connectivity index (χ0v) is 22.0. The molecule has 0 bridgehead atoms. The number of nitrogens with two attached hydrogens (primary N) is 1. The molecule has 42 heavy (non-hydrogen) atoms. The number of ether oxygens (including phenoxy) is 1. The number of hydrogen-bond acceptors (Lipinski definition) is 5. The van der Waals surface area contributed by atoms with Crippen molar-refractivity contribution < 1.29 is 31.9 Å². The van der Waals surface area contributed by atoms with Crippen molar-refractivity contribution >= 4 is 11.8 Å². The van der Waals surface area contributed by atoms with E-state index in [1.54, 1.807) is 30.3 Å². The Hall–Kier alpha value is -4.97. The number of aromatic nitrogens is 1. The molecular formula is C30H24F4N4O4. The number of hydrogen-bond donors (Lipinski definition) is 2. The number of nitrogens with one attached hydrogen (secondary N) is 1. The van der Waals surface area contributed by atoms with Crippen molar-refractivity contribution in [1.29, 1.82) is 0 Å². The van der Waals surface area contributed by atoms with E-state index in [4.69, 9.17) is 10.5 Å². The minimum atomic E-state index is -1.22. The molecule has 8 nitrogen and oxygen atoms in total. The van der Waals surface area contributed by atoms with E-state index < -0.39 is 63.9 Å². The second kappa shape index (κ2) is 11.9. The van der Waals surface area contributed by atoms with Crippen LogP contribution in [-0.2, 0) is 26.2 Å². The van der Waals surface area contributed by atoms with E-state index in [9.17, 15) is 31.9 Å². The molecule has 0 spiro atoms. The number of rotatable bonds is 7. The predicted octanol–water partition coefficient (Wildman–Crippen LogP) is 3.83. The zero-order chi connectivity index (χ0) is 30.0. The Bertz CT molecular complexity index is 1720. The number of carbonyl (C=O) groups is 2. The molecule has 5 rings (SSSR count). The van der Waals surface area contributed by atoms with Crippen LogP contribution in [0.15, 0.2) is 71.7 Å². The van der Waals surface area contributed by atoms with Crippen LogP contribution in [0.25, 0.3) is 0 Å². The highest BCUT2D eigenvalue weighted by molar-refractivity contribution is 5.99. The topological polar surface area (TPSA) is 107 Å². The molecule has 1 aliphatic rings. The van der Waals surface area contributed by atoms with Crippen LogP contribution in [0.1, 0.15) is 43.1 Å². The Morgan fingerprint density at radius 1 is 0.905 bits per heavy atom. The van der Waals surface area contributed by atoms with Gasteiger partial charge in [-0.3, -0.25) is 14.4 Å². The van der Waals surface area contributed by atoms with Crippen molar-refractivity contribution in [2.24, 2.45) is 5.73 Å². The first-order valence-corrected chi connectivity index (χ1v) is 12.8. The van der Waals surface area contributed by atoms with Gasteiger partial charge in [-0.25, -0.2) is 17.6 Å². The van der Waals surface area contributed by atoms with E-state index in [0.717, 1.165) is 6.20 Å². The first-order valence-electron chi connectivity index (χ1n) is 12.8. The summed E-state index contributed by atoms with van der Waals surface area (Å²) in [6, 6.07) is 13.7. The molecule has 0 radical (unpaired) electrons. The number of amides is 2. The normalized spacial score (nSPS) is 12.7. The van der Waals surface area contributed by atoms with Gasteiger partial charge in [-0.15, -0.1) is 0 Å². The highest BCUT2D eigenvalue weighted by atomic mass is 19.1. The first kappa shape index (κ1) is 28.6. The van der Waals surface area contributed by atoms with Crippen molar-refractivity contribution in [2.45, 2.75) is 26.2 Å². The van der Waals surface area contributed by atoms with Crippen LogP contribution < -0.4 is 21.2 Å². The third-order valence-electron chi connectivity index (χ3n) is 6.82. The smallest absolute Gasteiger partial charge is 0.275 e. The first-order chi connectivity index (χ1) is 20.2. The Balaban J connectivity index is 1.61. The summed E-state index contributed by atoms with van der Waals surface area (Å²) in [6.45, 7) is -1.16. The standard InChI is InChI=1S/C30H24F4N4O4/c31-20-7-6-18-12-38(16-35)30(41)26-28(42-15-17-4-2-1-3-5-17)27(39)23(14-37(26)13-19(18)8-20)29(40)36-11-22-24(33)9-21(32)10-25(22)34/h1-10,14H,11-13,15-16,35H2,(H,36,40). The van der Waals surface area contributed by atoms with Crippen LogP contribution in [0.5, 0.6) is 5.75 Å². The largest absolute Gasteiger partial charge is 0.483 e. The maximum absolute atomic E-state index is 14.2. The van der Waals surface area contributed by atoms with Gasteiger partial charge in [-0.1, -0.05) is 36.4 Å². The second-order valence-electron chi connectivity index (χ2n) is 9.58. The van der Waals surface area contributed by atoms with Crippen LogP contribution in [0.3, 0.4) is 0 Å². The molecule has 0 saturated heterocycles. The average Bonchev–Trinajstić information content (AvgIpc) is 2.95. The number of nitrogens with zero attached hydrogens (tertiary/aromatic N) is 2. The van der Waals surface area contributed by atoms with Crippen LogP contribution in [0.4, 0.5) is 17.6 Å². The Labute approximate surface area is 236 Å². The molecule has 2 amide bonds. The monoisotopic (exact) mass is 580 g/mol. The van der Waals surface area contributed by atoms with Gasteiger partial charge in [-0.05, 0) is 28.8 Å². The van der Waals surface area contributed by atoms with E-state index in [1.165, 1.54) is 27.7 Å². The van der Waals surface area contributed by atoms with Crippen molar-refractivity contribution in [1.82, 2.24) is 14.8 Å². The lowest BCUT2D eigenvalue weighted by molar-refractivity contribution is 0.0724. The van der Waals surface area contributed by atoms with Gasteiger partial charge in [0.2, 0.25) is 5.43 Å². The third kappa shape index (κ3) is 5.75. The number of benzene rings is 3. The van der Waals surface area contributed by atoms with Crippen molar-refractivity contribution in [2.75, 3.05) is 6.67 Å². The van der Waals surface area contributed by atoms with E-state index in [0.29, 0.717) is 28.8 Å². The number of halogens is 4. The van der Waals surface area contributed by atoms with Crippen LogP contribution in [0, 0.1) is 23.3 Å². The quantitative estimate of drug-likeness (QED) is 0.323. The Kier molecular flexibility index (Phi) is 8.07. The molecule has 1 aromatic heterocycles. The summed E-state index contributed by atoms with van der Waals surface area (Å²) >= 11 is 0. The van der Waals surface area contributed by atoms with Crippen molar-refractivity contribution in [3.8, 4) is 5.75 Å². The summed E-state index contributed by atoms with van der Waals surface area (Å²) in [5.41, 5.74) is 5.31. The molecule has 0 unspecified atom stereocenters. The van der Waals surface area contributed by atoms with Gasteiger partial charge in [0, 0.05) is 43.5 Å². The molecule has 1 aliphatic heterocycles. The number of pyridine rings is 1. The van der Waals surface area contributed by atoms with E-state index >= 15 is 0 Å². The fraction of sp³-hybridized carbons (Fsp3) is 0.167. The molecule has 216 valence electrons. The highest BCUT2D eigenvalue weighted by Crippen LogP contribution is 2.26. The molecule has 12 heteroatoms. The van der Waals surface area contributed by atoms with Gasteiger partial charge >= 0.3 is 0 Å². The molecule has 2 heterocycles. The molecule has 3 aromatic carbocycles. The summed E-state index contributed by atoms with van der Waals surface area (Å²) in [5.74, 6) is -6.25. The van der Waals surface area contributed by atoms with Gasteiger partial charge in [0.15, 0.2) is 11.4 Å². The molecular weight excluding hydrogens is 556 g/mol. The third-order valence-corrected chi connectivity index (χ3v) is 6.82. The summed E-state index contributed by atoms with van der Waals surface area (Å²) in [6.07, 6.45) is 1.10. The molecule has 0 fully saturated rings. The molecule has 0 saturated carbocycles.